The Morgan fingerprint density at radius 1 is 0.931 bits per heavy atom. The lowest BCUT2D eigenvalue weighted by molar-refractivity contribution is -0.384. The van der Waals surface area contributed by atoms with Crippen LogP contribution in [0.1, 0.15) is 15.9 Å². The lowest BCUT2D eigenvalue weighted by Crippen LogP contribution is -2.45. The van der Waals surface area contributed by atoms with Gasteiger partial charge in [0.05, 0.1) is 4.92 Å². The van der Waals surface area contributed by atoms with Crippen LogP contribution in [0.25, 0.3) is 11.1 Å². The molecule has 0 aliphatic rings. The summed E-state index contributed by atoms with van der Waals surface area (Å²) >= 11 is 0. The molecule has 3 rings (SSSR count). The molecule has 2 amide bonds. The van der Waals surface area contributed by atoms with Crippen molar-refractivity contribution in [2.24, 2.45) is 5.73 Å². The first-order valence-corrected chi connectivity index (χ1v) is 8.93. The van der Waals surface area contributed by atoms with Crippen LogP contribution < -0.4 is 11.1 Å². The maximum absolute atomic E-state index is 12.4. The van der Waals surface area contributed by atoms with Crippen LogP contribution in [0, 0.1) is 10.1 Å². The highest BCUT2D eigenvalue weighted by Gasteiger charge is 2.20. The molecule has 1 atom stereocenters. The molecule has 0 aromatic heterocycles. The maximum atomic E-state index is 12.4. The number of hydrogen-bond acceptors (Lipinski definition) is 4. The molecule has 0 fully saturated rings. The molecule has 0 spiro atoms. The quantitative estimate of drug-likeness (QED) is 0.477. The van der Waals surface area contributed by atoms with Crippen LogP contribution in [-0.2, 0) is 11.2 Å². The second-order valence-corrected chi connectivity index (χ2v) is 6.50. The predicted octanol–water partition coefficient (Wildman–Crippen LogP) is 3.09. The predicted molar refractivity (Wildman–Crippen MR) is 109 cm³/mol. The van der Waals surface area contributed by atoms with Crippen LogP contribution in [0.3, 0.4) is 0 Å². The van der Waals surface area contributed by atoms with Gasteiger partial charge in [-0.25, -0.2) is 0 Å². The van der Waals surface area contributed by atoms with E-state index in [1.54, 1.807) is 0 Å². The van der Waals surface area contributed by atoms with Crippen molar-refractivity contribution in [1.82, 2.24) is 5.32 Å². The number of nitrogens with zero attached hydrogens (tertiary/aromatic N) is 1. The van der Waals surface area contributed by atoms with Crippen LogP contribution in [0.4, 0.5) is 5.69 Å². The summed E-state index contributed by atoms with van der Waals surface area (Å²) in [5, 5.41) is 13.4. The number of primary amides is 1. The largest absolute Gasteiger partial charge is 0.368 e. The van der Waals surface area contributed by atoms with Crippen LogP contribution in [0.15, 0.2) is 78.9 Å². The lowest BCUT2D eigenvalue weighted by Gasteiger charge is -2.16. The number of carbonyl (C=O) groups excluding carboxylic acids is 2. The van der Waals surface area contributed by atoms with Crippen LogP contribution >= 0.6 is 0 Å². The highest BCUT2D eigenvalue weighted by atomic mass is 16.6. The molecule has 29 heavy (non-hydrogen) atoms. The SMILES string of the molecule is NC(=O)[C@@H](Cc1ccc(-c2ccccc2)cc1)NC(=O)c1cccc([N+](=O)[O-])c1. The fraction of sp³-hybridized carbons (Fsp3) is 0.0909. The zero-order chi connectivity index (χ0) is 20.8. The number of nitrogens with one attached hydrogen (secondary N) is 1. The number of nitro benzene ring substituents is 1. The number of carbonyl (C=O) groups is 2. The van der Waals surface area contributed by atoms with Gasteiger partial charge < -0.3 is 11.1 Å². The van der Waals surface area contributed by atoms with E-state index in [0.29, 0.717) is 0 Å². The summed E-state index contributed by atoms with van der Waals surface area (Å²) in [5.74, 6) is -1.28. The van der Waals surface area contributed by atoms with E-state index in [9.17, 15) is 19.7 Å². The maximum Gasteiger partial charge on any atom is 0.270 e. The normalized spacial score (nSPS) is 11.4. The summed E-state index contributed by atoms with van der Waals surface area (Å²) in [5.41, 5.74) is 8.27. The molecule has 0 radical (unpaired) electrons. The van der Waals surface area contributed by atoms with Gasteiger partial charge >= 0.3 is 0 Å². The van der Waals surface area contributed by atoms with Crippen LogP contribution in [-0.4, -0.2) is 22.8 Å². The smallest absolute Gasteiger partial charge is 0.270 e. The first-order valence-electron chi connectivity index (χ1n) is 8.93. The fourth-order valence-electron chi connectivity index (χ4n) is 2.92. The van der Waals surface area contributed by atoms with Gasteiger partial charge in [-0.1, -0.05) is 60.7 Å². The van der Waals surface area contributed by atoms with Gasteiger partial charge in [0.25, 0.3) is 11.6 Å². The molecule has 7 nitrogen and oxygen atoms in total. The van der Waals surface area contributed by atoms with Gasteiger partial charge in [0.15, 0.2) is 0 Å². The molecule has 0 saturated heterocycles. The van der Waals surface area contributed by atoms with Crippen molar-refractivity contribution in [3.05, 3.63) is 100 Å². The monoisotopic (exact) mass is 389 g/mol. The molecule has 0 heterocycles. The summed E-state index contributed by atoms with van der Waals surface area (Å²) in [4.78, 5) is 34.5. The lowest BCUT2D eigenvalue weighted by atomic mass is 10.00. The van der Waals surface area contributed by atoms with E-state index in [-0.39, 0.29) is 17.7 Å². The van der Waals surface area contributed by atoms with Gasteiger partial charge in [-0.2, -0.15) is 0 Å². The van der Waals surface area contributed by atoms with E-state index in [4.69, 9.17) is 5.73 Å². The molecule has 0 aliphatic carbocycles. The van der Waals surface area contributed by atoms with E-state index < -0.39 is 22.8 Å². The van der Waals surface area contributed by atoms with E-state index >= 15 is 0 Å². The Morgan fingerprint density at radius 3 is 2.21 bits per heavy atom. The number of nitrogens with two attached hydrogens (primary N) is 1. The molecule has 0 saturated carbocycles. The summed E-state index contributed by atoms with van der Waals surface area (Å²) in [7, 11) is 0. The first-order chi connectivity index (χ1) is 13.9. The minimum atomic E-state index is -0.940. The van der Waals surface area contributed by atoms with Crippen LogP contribution in [0.5, 0.6) is 0 Å². The number of non-ortho nitro benzene ring substituents is 1. The van der Waals surface area contributed by atoms with Crippen molar-refractivity contribution in [2.75, 3.05) is 0 Å². The van der Waals surface area contributed by atoms with E-state index in [2.05, 4.69) is 5.32 Å². The molecular weight excluding hydrogens is 370 g/mol. The summed E-state index contributed by atoms with van der Waals surface area (Å²) in [6.07, 6.45) is 0.213. The second kappa shape index (κ2) is 8.79. The molecule has 7 heteroatoms. The summed E-state index contributed by atoms with van der Waals surface area (Å²) in [6.45, 7) is 0. The fourth-order valence-corrected chi connectivity index (χ4v) is 2.92. The van der Waals surface area contributed by atoms with E-state index in [1.165, 1.54) is 18.2 Å². The molecule has 3 aromatic carbocycles. The molecule has 3 N–H and O–H groups in total. The molecule has 0 bridgehead atoms. The molecule has 3 aromatic rings. The van der Waals surface area contributed by atoms with Crippen molar-refractivity contribution in [3.63, 3.8) is 0 Å². The van der Waals surface area contributed by atoms with E-state index in [0.717, 1.165) is 22.8 Å². The highest BCUT2D eigenvalue weighted by molar-refractivity contribution is 5.97. The second-order valence-electron chi connectivity index (χ2n) is 6.50. The Kier molecular flexibility index (Phi) is 5.99. The molecular formula is C22H19N3O4. The standard InChI is InChI=1S/C22H19N3O4/c23-21(26)20(24-22(27)18-7-4-8-19(14-18)25(28)29)13-15-9-11-17(12-10-15)16-5-2-1-3-6-16/h1-12,14,20H,13H2,(H2,23,26)(H,24,27)/t20-/m1/s1. The Bertz CT molecular complexity index is 1030. The Hall–Kier alpha value is -4.00. The minimum absolute atomic E-state index is 0.0878. The number of nitro groups is 1. The zero-order valence-corrected chi connectivity index (χ0v) is 15.4. The number of rotatable bonds is 7. The summed E-state index contributed by atoms with van der Waals surface area (Å²) < 4.78 is 0. The highest BCUT2D eigenvalue weighted by Crippen LogP contribution is 2.20. The Morgan fingerprint density at radius 2 is 1.59 bits per heavy atom. The molecule has 0 aliphatic heterocycles. The topological polar surface area (TPSA) is 115 Å². The Balaban J connectivity index is 1.72. The molecule has 0 unspecified atom stereocenters. The average molecular weight is 389 g/mol. The average Bonchev–Trinajstić information content (AvgIpc) is 2.74. The zero-order valence-electron chi connectivity index (χ0n) is 15.4. The van der Waals surface area contributed by atoms with Crippen molar-refractivity contribution in [3.8, 4) is 11.1 Å². The van der Waals surface area contributed by atoms with Crippen molar-refractivity contribution >= 4 is 17.5 Å². The summed E-state index contributed by atoms with van der Waals surface area (Å²) in [6, 6.07) is 21.8. The third-order valence-corrected chi connectivity index (χ3v) is 4.47. The van der Waals surface area contributed by atoms with Gasteiger partial charge in [-0.05, 0) is 22.8 Å². The molecule has 146 valence electrons. The van der Waals surface area contributed by atoms with Crippen molar-refractivity contribution < 1.29 is 14.5 Å². The van der Waals surface area contributed by atoms with Crippen molar-refractivity contribution in [1.29, 1.82) is 0 Å². The van der Waals surface area contributed by atoms with Gasteiger partial charge in [0, 0.05) is 24.1 Å². The van der Waals surface area contributed by atoms with Crippen molar-refractivity contribution in [2.45, 2.75) is 12.5 Å². The number of amides is 2. The first kappa shape index (κ1) is 19.8. The van der Waals surface area contributed by atoms with Gasteiger partial charge in [-0.3, -0.25) is 19.7 Å². The Labute approximate surface area is 167 Å². The number of benzene rings is 3. The van der Waals surface area contributed by atoms with Gasteiger partial charge in [-0.15, -0.1) is 0 Å². The minimum Gasteiger partial charge on any atom is -0.368 e. The van der Waals surface area contributed by atoms with Gasteiger partial charge in [0.2, 0.25) is 5.91 Å². The number of hydrogen-bond donors (Lipinski definition) is 2. The van der Waals surface area contributed by atoms with Crippen LogP contribution in [0.2, 0.25) is 0 Å². The van der Waals surface area contributed by atoms with E-state index in [1.807, 2.05) is 54.6 Å². The third-order valence-electron chi connectivity index (χ3n) is 4.47. The third kappa shape index (κ3) is 5.04. The van der Waals surface area contributed by atoms with Gasteiger partial charge in [0.1, 0.15) is 6.04 Å².